The Kier molecular flexibility index (Phi) is 4.61. The molecule has 88 valence electrons. The molecule has 0 unspecified atom stereocenters. The molecule has 0 N–H and O–H groups in total. The highest BCUT2D eigenvalue weighted by molar-refractivity contribution is 5.83. The summed E-state index contributed by atoms with van der Waals surface area (Å²) in [7, 11) is 0. The van der Waals surface area contributed by atoms with Gasteiger partial charge in [-0.2, -0.15) is 13.2 Å². The molecule has 0 spiro atoms. The predicted molar refractivity (Wildman–Crippen MR) is 51.5 cm³/mol. The molecule has 1 aliphatic rings. The zero-order chi connectivity index (χ0) is 11.3. The predicted octanol–water partition coefficient (Wildman–Crippen LogP) is 3.87. The van der Waals surface area contributed by atoms with E-state index in [4.69, 9.17) is 0 Å². The molecule has 0 aromatic carbocycles. The summed E-state index contributed by atoms with van der Waals surface area (Å²) in [5.41, 5.74) is 0. The Bertz CT molecular complexity index is 204. The van der Waals surface area contributed by atoms with E-state index in [0.29, 0.717) is 12.3 Å². The van der Waals surface area contributed by atoms with E-state index in [1.165, 1.54) is 19.3 Å². The number of hydrogen-bond acceptors (Lipinski definition) is 1. The van der Waals surface area contributed by atoms with E-state index in [9.17, 15) is 18.0 Å². The fourth-order valence-electron chi connectivity index (χ4n) is 2.17. The highest BCUT2D eigenvalue weighted by Gasteiger charge is 2.37. The minimum atomic E-state index is -4.63. The molecule has 0 saturated heterocycles. The highest BCUT2D eigenvalue weighted by atomic mass is 19.4. The van der Waals surface area contributed by atoms with Crippen molar-refractivity contribution in [3.63, 3.8) is 0 Å². The molecule has 0 heterocycles. The first-order valence-corrected chi connectivity index (χ1v) is 5.60. The third kappa shape index (κ3) is 4.67. The fraction of sp³-hybridized carbons (Fsp3) is 0.909. The summed E-state index contributed by atoms with van der Waals surface area (Å²) in [5.74, 6) is -1.02. The molecule has 1 fully saturated rings. The second-order valence-corrected chi connectivity index (χ2v) is 4.32. The van der Waals surface area contributed by atoms with Gasteiger partial charge >= 0.3 is 6.18 Å². The van der Waals surface area contributed by atoms with Gasteiger partial charge in [0.2, 0.25) is 5.78 Å². The monoisotopic (exact) mass is 222 g/mol. The van der Waals surface area contributed by atoms with Crippen LogP contribution >= 0.6 is 0 Å². The molecule has 0 radical (unpaired) electrons. The average molecular weight is 222 g/mol. The summed E-state index contributed by atoms with van der Waals surface area (Å²) >= 11 is 0. The van der Waals surface area contributed by atoms with Gasteiger partial charge in [-0.25, -0.2) is 0 Å². The minimum Gasteiger partial charge on any atom is -0.290 e. The largest absolute Gasteiger partial charge is 0.449 e. The lowest BCUT2D eigenvalue weighted by atomic mass is 9.85. The molecule has 0 amide bonds. The normalized spacial score (nSPS) is 19.1. The Morgan fingerprint density at radius 1 is 1.13 bits per heavy atom. The van der Waals surface area contributed by atoms with Crippen molar-refractivity contribution in [3.05, 3.63) is 0 Å². The lowest BCUT2D eigenvalue weighted by Gasteiger charge is -2.21. The molecule has 1 nitrogen and oxygen atoms in total. The smallest absolute Gasteiger partial charge is 0.290 e. The first-order chi connectivity index (χ1) is 7.00. The molecule has 0 aliphatic heterocycles. The Morgan fingerprint density at radius 3 is 2.27 bits per heavy atom. The summed E-state index contributed by atoms with van der Waals surface area (Å²) in [6, 6.07) is 0. The van der Waals surface area contributed by atoms with Crippen molar-refractivity contribution < 1.29 is 18.0 Å². The minimum absolute atomic E-state index is 0.333. The van der Waals surface area contributed by atoms with Gasteiger partial charge in [-0.1, -0.05) is 38.5 Å². The SMILES string of the molecule is O=C(CCCC1CCCCC1)C(F)(F)F. The Hall–Kier alpha value is -0.540. The van der Waals surface area contributed by atoms with Crippen molar-refractivity contribution in [3.8, 4) is 0 Å². The van der Waals surface area contributed by atoms with E-state index in [-0.39, 0.29) is 6.42 Å². The van der Waals surface area contributed by atoms with Crippen molar-refractivity contribution in [1.82, 2.24) is 0 Å². The molecule has 0 aromatic rings. The number of hydrogen-bond donors (Lipinski definition) is 0. The molecule has 0 aromatic heterocycles. The standard InChI is InChI=1S/C11H17F3O/c12-11(13,14)10(15)8-4-7-9-5-2-1-3-6-9/h9H,1-8H2. The number of halogens is 3. The van der Waals surface area contributed by atoms with Gasteiger partial charge in [0.1, 0.15) is 0 Å². The van der Waals surface area contributed by atoms with E-state index >= 15 is 0 Å². The van der Waals surface area contributed by atoms with Gasteiger partial charge < -0.3 is 0 Å². The van der Waals surface area contributed by atoms with Crippen LogP contribution in [0.1, 0.15) is 51.4 Å². The van der Waals surface area contributed by atoms with Gasteiger partial charge in [-0.3, -0.25) is 4.79 Å². The first kappa shape index (κ1) is 12.5. The maximum atomic E-state index is 11.9. The number of rotatable bonds is 4. The summed E-state index contributed by atoms with van der Waals surface area (Å²) in [4.78, 5) is 10.6. The van der Waals surface area contributed by atoms with Crippen molar-refractivity contribution in [1.29, 1.82) is 0 Å². The summed E-state index contributed by atoms with van der Waals surface area (Å²) in [6.07, 6.45) is 2.09. The molecule has 15 heavy (non-hydrogen) atoms. The molecule has 4 heteroatoms. The second kappa shape index (κ2) is 5.52. The zero-order valence-electron chi connectivity index (χ0n) is 8.78. The van der Waals surface area contributed by atoms with Crippen molar-refractivity contribution in [2.75, 3.05) is 0 Å². The number of carbonyl (C=O) groups excluding carboxylic acids is 1. The Morgan fingerprint density at radius 2 is 1.73 bits per heavy atom. The average Bonchev–Trinajstić information content (AvgIpc) is 2.18. The summed E-state index contributed by atoms with van der Waals surface area (Å²) in [5, 5.41) is 0. The van der Waals surface area contributed by atoms with Crippen LogP contribution in [0.15, 0.2) is 0 Å². The van der Waals surface area contributed by atoms with E-state index in [1.54, 1.807) is 0 Å². The van der Waals surface area contributed by atoms with E-state index < -0.39 is 12.0 Å². The number of Topliss-reactive ketones (excluding diaryl/α,β-unsaturated/α-hetero) is 1. The van der Waals surface area contributed by atoms with Gasteiger partial charge in [-0.15, -0.1) is 0 Å². The van der Waals surface area contributed by atoms with Gasteiger partial charge in [0.25, 0.3) is 0 Å². The fourth-order valence-corrected chi connectivity index (χ4v) is 2.17. The zero-order valence-corrected chi connectivity index (χ0v) is 8.78. The second-order valence-electron chi connectivity index (χ2n) is 4.32. The molecule has 1 saturated carbocycles. The van der Waals surface area contributed by atoms with E-state index in [0.717, 1.165) is 19.3 Å². The molecular weight excluding hydrogens is 205 g/mol. The maximum absolute atomic E-state index is 11.9. The number of carbonyl (C=O) groups is 1. The third-order valence-electron chi connectivity index (χ3n) is 3.06. The van der Waals surface area contributed by atoms with Gasteiger partial charge in [0.15, 0.2) is 0 Å². The van der Waals surface area contributed by atoms with Crippen LogP contribution in [-0.2, 0) is 4.79 Å². The Balaban J connectivity index is 2.12. The molecular formula is C11H17F3O. The lowest BCUT2D eigenvalue weighted by molar-refractivity contribution is -0.171. The molecule has 1 aliphatic carbocycles. The van der Waals surface area contributed by atoms with Crippen molar-refractivity contribution in [2.45, 2.75) is 57.5 Å². The van der Waals surface area contributed by atoms with Crippen molar-refractivity contribution >= 4 is 5.78 Å². The van der Waals surface area contributed by atoms with Gasteiger partial charge in [-0.05, 0) is 12.3 Å². The molecule has 0 atom stereocenters. The summed E-state index contributed by atoms with van der Waals surface area (Å²) in [6.45, 7) is 0. The van der Waals surface area contributed by atoms with Gasteiger partial charge in [0.05, 0.1) is 0 Å². The topological polar surface area (TPSA) is 17.1 Å². The molecule has 1 rings (SSSR count). The van der Waals surface area contributed by atoms with Crippen LogP contribution in [0.3, 0.4) is 0 Å². The van der Waals surface area contributed by atoms with Crippen LogP contribution in [0.25, 0.3) is 0 Å². The summed E-state index contributed by atoms with van der Waals surface area (Å²) < 4.78 is 35.6. The highest BCUT2D eigenvalue weighted by Crippen LogP contribution is 2.28. The van der Waals surface area contributed by atoms with Crippen LogP contribution in [0.4, 0.5) is 13.2 Å². The van der Waals surface area contributed by atoms with Gasteiger partial charge in [0, 0.05) is 6.42 Å². The number of alkyl halides is 3. The molecule has 0 bridgehead atoms. The van der Waals surface area contributed by atoms with Crippen LogP contribution in [-0.4, -0.2) is 12.0 Å². The maximum Gasteiger partial charge on any atom is 0.449 e. The van der Waals surface area contributed by atoms with E-state index in [2.05, 4.69) is 0 Å². The van der Waals surface area contributed by atoms with E-state index in [1.807, 2.05) is 0 Å². The number of ketones is 1. The lowest BCUT2D eigenvalue weighted by Crippen LogP contribution is -2.22. The third-order valence-corrected chi connectivity index (χ3v) is 3.06. The first-order valence-electron chi connectivity index (χ1n) is 5.60. The van der Waals surface area contributed by atoms with Crippen LogP contribution in [0, 0.1) is 5.92 Å². The Labute approximate surface area is 88.0 Å². The quantitative estimate of drug-likeness (QED) is 0.705. The van der Waals surface area contributed by atoms with Crippen LogP contribution in [0.5, 0.6) is 0 Å². The van der Waals surface area contributed by atoms with Crippen LogP contribution in [0.2, 0.25) is 0 Å². The van der Waals surface area contributed by atoms with Crippen molar-refractivity contribution in [2.24, 2.45) is 5.92 Å². The van der Waals surface area contributed by atoms with Crippen LogP contribution < -0.4 is 0 Å².